The number of benzene rings is 3. The Hall–Kier alpha value is -6.94. The predicted molar refractivity (Wildman–Crippen MR) is 251 cm³/mol. The van der Waals surface area contributed by atoms with E-state index in [1.807, 2.05) is 18.2 Å². The molecule has 0 saturated heterocycles. The summed E-state index contributed by atoms with van der Waals surface area (Å²) in [5, 5.41) is 20.0. The van der Waals surface area contributed by atoms with Gasteiger partial charge in [0.1, 0.15) is 55.4 Å². The van der Waals surface area contributed by atoms with E-state index in [-0.39, 0.29) is 57.8 Å². The number of nitrogens with zero attached hydrogens (tertiary/aromatic N) is 4. The van der Waals surface area contributed by atoms with Gasteiger partial charge in [0.15, 0.2) is 5.82 Å². The van der Waals surface area contributed by atoms with Gasteiger partial charge in [-0.05, 0) is 93.5 Å². The normalized spacial score (nSPS) is 17.8. The van der Waals surface area contributed by atoms with Crippen molar-refractivity contribution in [1.29, 1.82) is 5.26 Å². The number of fused-ring (bicyclic) bond motifs is 5. The Morgan fingerprint density at radius 2 is 1.46 bits per heavy atom. The number of nitrogens with one attached hydrogen (secondary N) is 4. The summed E-state index contributed by atoms with van der Waals surface area (Å²) in [5.41, 5.74) is 22.8. The zero-order chi connectivity index (χ0) is 48.2. The van der Waals surface area contributed by atoms with Crippen molar-refractivity contribution >= 4 is 29.5 Å². The Kier molecular flexibility index (Phi) is 17.0. The molecule has 10 N–H and O–H groups in total. The van der Waals surface area contributed by atoms with Gasteiger partial charge < -0.3 is 52.8 Å². The summed E-state index contributed by atoms with van der Waals surface area (Å²) in [4.78, 5) is 81.2. The Morgan fingerprint density at radius 1 is 0.851 bits per heavy atom. The molecule has 6 rings (SSSR count). The lowest BCUT2D eigenvalue weighted by molar-refractivity contribution is -0.141. The molecular formula is C49H61N11O7. The van der Waals surface area contributed by atoms with Crippen LogP contribution >= 0.6 is 0 Å². The summed E-state index contributed by atoms with van der Waals surface area (Å²) in [6.07, 6.45) is 4.85. The number of nitrogens with two attached hydrogens (primary N) is 3. The first-order valence-corrected chi connectivity index (χ1v) is 22.7. The van der Waals surface area contributed by atoms with Crippen LogP contribution in [0.1, 0.15) is 89.4 Å². The van der Waals surface area contributed by atoms with Crippen molar-refractivity contribution in [3.05, 3.63) is 94.3 Å². The number of aryl methyl sites for hydroxylation is 2. The highest BCUT2D eigenvalue weighted by Crippen LogP contribution is 2.40. The molecule has 354 valence electrons. The quantitative estimate of drug-likeness (QED) is 0.0798. The van der Waals surface area contributed by atoms with Crippen LogP contribution in [0, 0.1) is 25.2 Å². The van der Waals surface area contributed by atoms with Gasteiger partial charge in [-0.3, -0.25) is 24.0 Å². The molecule has 2 aliphatic rings. The summed E-state index contributed by atoms with van der Waals surface area (Å²) in [5.74, 6) is -1.50. The Bertz CT molecular complexity index is 2460. The zero-order valence-electron chi connectivity index (χ0n) is 38.5. The van der Waals surface area contributed by atoms with Gasteiger partial charge in [-0.1, -0.05) is 49.2 Å². The molecule has 4 aromatic rings. The molecule has 1 aliphatic carbocycles. The van der Waals surface area contributed by atoms with Crippen LogP contribution in [0.4, 0.5) is 0 Å². The molecule has 0 spiro atoms. The molecule has 2 heterocycles. The monoisotopic (exact) mass is 915 g/mol. The van der Waals surface area contributed by atoms with Crippen LogP contribution in [0.5, 0.6) is 11.5 Å². The molecule has 1 aliphatic heterocycles. The van der Waals surface area contributed by atoms with Gasteiger partial charge in [-0.2, -0.15) is 5.26 Å². The lowest BCUT2D eigenvalue weighted by Gasteiger charge is -2.32. The maximum absolute atomic E-state index is 14.7. The van der Waals surface area contributed by atoms with Crippen LogP contribution in [0.2, 0.25) is 0 Å². The van der Waals surface area contributed by atoms with E-state index in [1.165, 1.54) is 50.1 Å². The summed E-state index contributed by atoms with van der Waals surface area (Å²) < 4.78 is 12.2. The lowest BCUT2D eigenvalue weighted by Crippen LogP contribution is -2.56. The van der Waals surface area contributed by atoms with Gasteiger partial charge in [-0.15, -0.1) is 0 Å². The van der Waals surface area contributed by atoms with Crippen LogP contribution in [-0.4, -0.2) is 109 Å². The average molecular weight is 916 g/mol. The second-order valence-electron chi connectivity index (χ2n) is 16.9. The average Bonchev–Trinajstić information content (AvgIpc) is 3.87. The van der Waals surface area contributed by atoms with E-state index in [1.54, 1.807) is 50.2 Å². The number of rotatable bonds is 16. The highest BCUT2D eigenvalue weighted by Gasteiger charge is 2.36. The fraction of sp³-hybridized carbons (Fsp3) is 0.429. The first kappa shape index (κ1) is 49.5. The third-order valence-corrected chi connectivity index (χ3v) is 12.1. The highest BCUT2D eigenvalue weighted by atomic mass is 16.5. The Labute approximate surface area is 390 Å². The number of nitriles is 1. The van der Waals surface area contributed by atoms with Crippen LogP contribution < -0.4 is 47.9 Å². The van der Waals surface area contributed by atoms with Crippen LogP contribution in [0.15, 0.2) is 60.7 Å². The maximum atomic E-state index is 14.7. The zero-order valence-corrected chi connectivity index (χ0v) is 38.5. The van der Waals surface area contributed by atoms with Crippen molar-refractivity contribution in [2.45, 2.75) is 89.4 Å². The van der Waals surface area contributed by atoms with Gasteiger partial charge in [0.2, 0.25) is 23.6 Å². The van der Waals surface area contributed by atoms with Crippen molar-refractivity contribution in [3.63, 3.8) is 0 Å². The minimum absolute atomic E-state index is 0.00406. The molecule has 18 nitrogen and oxygen atoms in total. The number of likely N-dealkylation sites (N-methyl/N-ethyl adjacent to an activating group) is 1. The van der Waals surface area contributed by atoms with Gasteiger partial charge in [0.05, 0.1) is 23.0 Å². The van der Waals surface area contributed by atoms with Gasteiger partial charge >= 0.3 is 0 Å². The van der Waals surface area contributed by atoms with E-state index in [4.69, 9.17) is 36.6 Å². The minimum Gasteiger partial charge on any atom is -0.492 e. The Balaban J connectivity index is 1.37. The van der Waals surface area contributed by atoms with Crippen molar-refractivity contribution < 1.29 is 33.4 Å². The van der Waals surface area contributed by atoms with Crippen LogP contribution in [0.25, 0.3) is 22.5 Å². The first-order chi connectivity index (χ1) is 32.3. The molecule has 18 heteroatoms. The molecule has 5 amide bonds. The molecule has 67 heavy (non-hydrogen) atoms. The fourth-order valence-corrected chi connectivity index (χ4v) is 8.70. The second kappa shape index (κ2) is 23.0. The number of ether oxygens (including phenoxy) is 2. The van der Waals surface area contributed by atoms with Crippen molar-refractivity contribution in [2.75, 3.05) is 46.4 Å². The molecule has 0 radical (unpaired) electrons. The molecule has 1 unspecified atom stereocenters. The largest absolute Gasteiger partial charge is 0.492 e. The summed E-state index contributed by atoms with van der Waals surface area (Å²) >= 11 is 0. The molecule has 4 bridgehead atoms. The first-order valence-electron chi connectivity index (χ1n) is 22.7. The van der Waals surface area contributed by atoms with Crippen molar-refractivity contribution in [1.82, 2.24) is 36.1 Å². The number of hydrogen-bond donors (Lipinski definition) is 7. The fourth-order valence-electron chi connectivity index (χ4n) is 8.70. The summed E-state index contributed by atoms with van der Waals surface area (Å²) in [7, 11) is 1.42. The van der Waals surface area contributed by atoms with Crippen LogP contribution in [0.3, 0.4) is 0 Å². The third-order valence-electron chi connectivity index (χ3n) is 12.1. The number of amides is 5. The standard InChI is InChI=1S/C49H61N11O7/c1-28-42(29(2)56-44(55-28)34-12-10-33(11-13-34)32-7-5-6-8-32)47(63)58-38(17-18-50)49(65)60(4)43-35-14-16-41(67-24-21-53)37(27-35)36-25-31(9-15-40(36)66-23-20-52)26-39(46(62)54-22-19-51)59-45(61)30(3)57-48(43)64/h9-16,25,27,30,32,38-39,43H,5-8,17-18,20-24,26,50,52-53H2,1-4H3,(H,54,62)(H,57,64)(H,58,63)(H,59,61)/t30-,38?,39-,43-/m0/s1. The molecule has 1 saturated carbocycles. The molecule has 1 fully saturated rings. The van der Waals surface area contributed by atoms with Gasteiger partial charge in [-0.25, -0.2) is 9.97 Å². The van der Waals surface area contributed by atoms with E-state index >= 15 is 0 Å². The summed E-state index contributed by atoms with van der Waals surface area (Å²) in [6, 6.07) is 15.3. The molecular weight excluding hydrogens is 855 g/mol. The lowest BCUT2D eigenvalue weighted by atomic mass is 9.93. The van der Waals surface area contributed by atoms with E-state index in [9.17, 15) is 29.2 Å². The summed E-state index contributed by atoms with van der Waals surface area (Å²) in [6.45, 7) is 5.25. The predicted octanol–water partition coefficient (Wildman–Crippen LogP) is 2.59. The number of carbonyl (C=O) groups excluding carboxylic acids is 5. The molecule has 3 aromatic carbocycles. The Morgan fingerprint density at radius 3 is 2.07 bits per heavy atom. The van der Waals surface area contributed by atoms with Crippen molar-refractivity contribution in [2.24, 2.45) is 17.2 Å². The molecule has 1 aromatic heterocycles. The number of aromatic nitrogens is 2. The maximum Gasteiger partial charge on any atom is 0.255 e. The van der Waals surface area contributed by atoms with E-state index in [0.29, 0.717) is 56.9 Å². The van der Waals surface area contributed by atoms with E-state index < -0.39 is 53.7 Å². The van der Waals surface area contributed by atoms with Gasteiger partial charge in [0.25, 0.3) is 5.91 Å². The van der Waals surface area contributed by atoms with Crippen LogP contribution in [-0.2, 0) is 25.6 Å². The third kappa shape index (κ3) is 11.9. The SMILES string of the molecule is Cc1nc(-c2ccc(C3CCCC3)cc2)nc(C)c1C(=O)NC(CCN)C(=O)N(C)[C@@H]1C(=O)N[C@@H](C)C(=O)N[C@H](C(=O)NCC#N)Cc2ccc(OCCN)c(c2)-c2cc1ccc2OCCN. The van der Waals surface area contributed by atoms with Gasteiger partial charge in [0, 0.05) is 43.2 Å². The molecule has 4 atom stereocenters. The number of carbonyl (C=O) groups is 5. The topological polar surface area (TPSA) is 283 Å². The second-order valence-corrected chi connectivity index (χ2v) is 16.9. The minimum atomic E-state index is -1.40. The smallest absolute Gasteiger partial charge is 0.255 e. The highest BCUT2D eigenvalue weighted by molar-refractivity contribution is 6.00. The number of hydrogen-bond acceptors (Lipinski definition) is 13. The van der Waals surface area contributed by atoms with E-state index in [0.717, 1.165) is 5.56 Å². The van der Waals surface area contributed by atoms with Crippen molar-refractivity contribution in [3.8, 4) is 40.1 Å². The van der Waals surface area contributed by atoms with E-state index in [2.05, 4.69) is 33.4 Å².